The molecule has 0 fully saturated rings. The summed E-state index contributed by atoms with van der Waals surface area (Å²) in [6.07, 6.45) is 0. The summed E-state index contributed by atoms with van der Waals surface area (Å²) in [6, 6.07) is 7.67. The van der Waals surface area contributed by atoms with E-state index in [0.29, 0.717) is 11.3 Å². The van der Waals surface area contributed by atoms with E-state index in [1.165, 1.54) is 0 Å². The summed E-state index contributed by atoms with van der Waals surface area (Å²) in [4.78, 5) is 13.3. The molecule has 2 rings (SSSR count). The number of carbonyl (C=O) groups excluding carboxylic acids is 1. The minimum absolute atomic E-state index is 0.158. The molecular formula is C27H38O3. The maximum atomic E-state index is 13.3. The summed E-state index contributed by atoms with van der Waals surface area (Å²) in [5, 5.41) is 10.9. The average molecular weight is 411 g/mol. The molecule has 30 heavy (non-hydrogen) atoms. The Morgan fingerprint density at radius 2 is 1.17 bits per heavy atom. The Morgan fingerprint density at radius 1 is 0.733 bits per heavy atom. The highest BCUT2D eigenvalue weighted by Crippen LogP contribution is 2.40. The highest BCUT2D eigenvalue weighted by molar-refractivity contribution is 5.92. The van der Waals surface area contributed by atoms with Crippen molar-refractivity contribution in [2.45, 2.75) is 92.4 Å². The van der Waals surface area contributed by atoms with Crippen LogP contribution in [0.15, 0.2) is 24.3 Å². The normalized spacial score (nSPS) is 12.8. The van der Waals surface area contributed by atoms with E-state index < -0.39 is 5.97 Å². The van der Waals surface area contributed by atoms with E-state index in [4.69, 9.17) is 4.74 Å². The summed E-state index contributed by atoms with van der Waals surface area (Å²) in [5.74, 6) is 0.484. The van der Waals surface area contributed by atoms with Crippen LogP contribution in [0.2, 0.25) is 0 Å². The number of phenols is 1. The van der Waals surface area contributed by atoms with Crippen molar-refractivity contribution in [3.05, 3.63) is 57.6 Å². The molecule has 0 aliphatic carbocycles. The van der Waals surface area contributed by atoms with Gasteiger partial charge in [0, 0.05) is 16.7 Å². The second-order valence-electron chi connectivity index (χ2n) is 11.5. The molecule has 0 bridgehead atoms. The second kappa shape index (κ2) is 7.76. The standard InChI is InChI=1S/C27H38O3/c1-16-12-17(2)23(21(13-16)27(9,10)11)30-24(29)18-14-19(25(3,4)5)22(28)20(15-18)26(6,7)8/h12-15,28H,1-11H3. The van der Waals surface area contributed by atoms with Gasteiger partial charge in [0.1, 0.15) is 11.5 Å². The maximum Gasteiger partial charge on any atom is 0.343 e. The van der Waals surface area contributed by atoms with Gasteiger partial charge in [0.25, 0.3) is 0 Å². The average Bonchev–Trinajstić information content (AvgIpc) is 2.53. The van der Waals surface area contributed by atoms with Gasteiger partial charge in [0.05, 0.1) is 5.56 Å². The van der Waals surface area contributed by atoms with Gasteiger partial charge in [-0.05, 0) is 47.8 Å². The van der Waals surface area contributed by atoms with Crippen molar-refractivity contribution < 1.29 is 14.6 Å². The molecule has 0 aromatic heterocycles. The van der Waals surface area contributed by atoms with Crippen molar-refractivity contribution in [1.82, 2.24) is 0 Å². The smallest absolute Gasteiger partial charge is 0.343 e. The molecule has 0 saturated carbocycles. The van der Waals surface area contributed by atoms with Crippen molar-refractivity contribution in [1.29, 1.82) is 0 Å². The number of rotatable bonds is 2. The van der Waals surface area contributed by atoms with E-state index in [1.54, 1.807) is 12.1 Å². The number of esters is 1. The zero-order valence-electron chi connectivity index (χ0n) is 20.6. The minimum Gasteiger partial charge on any atom is -0.507 e. The summed E-state index contributed by atoms with van der Waals surface area (Å²) in [7, 11) is 0. The van der Waals surface area contributed by atoms with Gasteiger partial charge in [-0.15, -0.1) is 0 Å². The van der Waals surface area contributed by atoms with Gasteiger partial charge >= 0.3 is 5.97 Å². The first kappa shape index (κ1) is 24.0. The van der Waals surface area contributed by atoms with Gasteiger partial charge in [-0.1, -0.05) is 80.0 Å². The number of benzene rings is 2. The predicted octanol–water partition coefficient (Wildman–Crippen LogP) is 7.12. The third-order valence-electron chi connectivity index (χ3n) is 5.38. The molecule has 0 unspecified atom stereocenters. The quantitative estimate of drug-likeness (QED) is 0.423. The number of aryl methyl sites for hydroxylation is 2. The zero-order chi connectivity index (χ0) is 23.2. The van der Waals surface area contributed by atoms with Gasteiger partial charge in [-0.3, -0.25) is 0 Å². The lowest BCUT2D eigenvalue weighted by Crippen LogP contribution is -2.21. The lowest BCUT2D eigenvalue weighted by atomic mass is 9.78. The molecule has 0 saturated heterocycles. The molecule has 1 N–H and O–H groups in total. The van der Waals surface area contributed by atoms with Crippen molar-refractivity contribution in [3.8, 4) is 11.5 Å². The van der Waals surface area contributed by atoms with E-state index in [0.717, 1.165) is 27.8 Å². The first-order chi connectivity index (χ1) is 13.4. The molecule has 0 amide bonds. The molecule has 0 spiro atoms. The van der Waals surface area contributed by atoms with E-state index in [2.05, 4.69) is 33.8 Å². The maximum absolute atomic E-state index is 13.3. The number of ether oxygens (including phenoxy) is 1. The van der Waals surface area contributed by atoms with Crippen LogP contribution in [0.25, 0.3) is 0 Å². The molecule has 2 aromatic rings. The molecule has 0 aliphatic heterocycles. The van der Waals surface area contributed by atoms with Crippen molar-refractivity contribution >= 4 is 5.97 Å². The highest BCUT2D eigenvalue weighted by Gasteiger charge is 2.29. The number of carbonyl (C=O) groups is 1. The Morgan fingerprint density at radius 3 is 1.57 bits per heavy atom. The molecular weight excluding hydrogens is 372 g/mol. The van der Waals surface area contributed by atoms with Crippen molar-refractivity contribution in [3.63, 3.8) is 0 Å². The second-order valence-corrected chi connectivity index (χ2v) is 11.5. The molecule has 0 atom stereocenters. The summed E-state index contributed by atoms with van der Waals surface area (Å²) in [5.41, 5.74) is 4.28. The van der Waals surface area contributed by atoms with Gasteiger partial charge in [0.2, 0.25) is 0 Å². The van der Waals surface area contributed by atoms with E-state index in [1.807, 2.05) is 54.5 Å². The number of aromatic hydroxyl groups is 1. The lowest BCUT2D eigenvalue weighted by Gasteiger charge is -2.28. The highest BCUT2D eigenvalue weighted by atomic mass is 16.5. The lowest BCUT2D eigenvalue weighted by molar-refractivity contribution is 0.0730. The molecule has 3 nitrogen and oxygen atoms in total. The van der Waals surface area contributed by atoms with Crippen molar-refractivity contribution in [2.24, 2.45) is 0 Å². The fourth-order valence-electron chi connectivity index (χ4n) is 3.69. The van der Waals surface area contributed by atoms with Crippen LogP contribution < -0.4 is 4.74 Å². The minimum atomic E-state index is -0.400. The molecule has 164 valence electrons. The van der Waals surface area contributed by atoms with Crippen LogP contribution in [-0.2, 0) is 16.2 Å². The van der Waals surface area contributed by atoms with Crippen LogP contribution >= 0.6 is 0 Å². The zero-order valence-corrected chi connectivity index (χ0v) is 20.6. The Labute approximate surface area is 182 Å². The first-order valence-corrected chi connectivity index (χ1v) is 10.6. The molecule has 0 radical (unpaired) electrons. The van der Waals surface area contributed by atoms with E-state index in [9.17, 15) is 9.90 Å². The molecule has 3 heteroatoms. The van der Waals surface area contributed by atoms with Crippen LogP contribution in [-0.4, -0.2) is 11.1 Å². The molecule has 2 aromatic carbocycles. The number of hydrogen-bond acceptors (Lipinski definition) is 3. The van der Waals surface area contributed by atoms with Crippen molar-refractivity contribution in [2.75, 3.05) is 0 Å². The van der Waals surface area contributed by atoms with Crippen LogP contribution in [0, 0.1) is 13.8 Å². The van der Waals surface area contributed by atoms with Crippen LogP contribution in [0.5, 0.6) is 11.5 Å². The van der Waals surface area contributed by atoms with Gasteiger partial charge < -0.3 is 9.84 Å². The van der Waals surface area contributed by atoms with Gasteiger partial charge in [-0.25, -0.2) is 4.79 Å². The van der Waals surface area contributed by atoms with Gasteiger partial charge in [-0.2, -0.15) is 0 Å². The van der Waals surface area contributed by atoms with E-state index >= 15 is 0 Å². The van der Waals surface area contributed by atoms with Crippen LogP contribution in [0.4, 0.5) is 0 Å². The fourth-order valence-corrected chi connectivity index (χ4v) is 3.69. The Hall–Kier alpha value is -2.29. The third-order valence-corrected chi connectivity index (χ3v) is 5.38. The number of hydrogen-bond donors (Lipinski definition) is 1. The SMILES string of the molecule is Cc1cc(C)c(OC(=O)c2cc(C(C)(C)C)c(O)c(C(C)(C)C)c2)c(C(C)(C)C)c1. The topological polar surface area (TPSA) is 46.5 Å². The summed E-state index contributed by atoms with van der Waals surface area (Å²) < 4.78 is 6.00. The van der Waals surface area contributed by atoms with Crippen LogP contribution in [0.3, 0.4) is 0 Å². The summed E-state index contributed by atoms with van der Waals surface area (Å²) >= 11 is 0. The Kier molecular flexibility index (Phi) is 6.20. The Bertz CT molecular complexity index is 926. The van der Waals surface area contributed by atoms with Gasteiger partial charge in [0.15, 0.2) is 0 Å². The summed E-state index contributed by atoms with van der Waals surface area (Å²) in [6.45, 7) is 22.6. The monoisotopic (exact) mass is 410 g/mol. The Balaban J connectivity index is 2.64. The fraction of sp³-hybridized carbons (Fsp3) is 0.519. The van der Waals surface area contributed by atoms with Crippen LogP contribution in [0.1, 0.15) is 100 Å². The predicted molar refractivity (Wildman–Crippen MR) is 125 cm³/mol. The molecule has 0 heterocycles. The largest absolute Gasteiger partial charge is 0.507 e. The number of phenolic OH excluding ortho intramolecular Hbond substituents is 1. The molecule has 0 aliphatic rings. The third kappa shape index (κ3) is 5.06. The van der Waals surface area contributed by atoms with E-state index in [-0.39, 0.29) is 22.0 Å². The first-order valence-electron chi connectivity index (χ1n) is 10.6.